The Labute approximate surface area is 197 Å². The van der Waals surface area contributed by atoms with Crippen molar-refractivity contribution in [2.24, 2.45) is 11.7 Å². The maximum Gasteiger partial charge on any atom is 0.225 e. The smallest absolute Gasteiger partial charge is 0.225 e. The topological polar surface area (TPSA) is 140 Å². The number of rotatable bonds is 6. The summed E-state index contributed by atoms with van der Waals surface area (Å²) in [6.07, 6.45) is 2.94. The van der Waals surface area contributed by atoms with Crippen LogP contribution in [0, 0.1) is 23.4 Å². The van der Waals surface area contributed by atoms with E-state index in [1.54, 1.807) is 4.57 Å². The number of halogens is 3. The van der Waals surface area contributed by atoms with Gasteiger partial charge in [0.15, 0.2) is 17.3 Å². The summed E-state index contributed by atoms with van der Waals surface area (Å²) in [5.41, 5.74) is 5.67. The molecule has 1 saturated heterocycles. The minimum atomic E-state index is -1.11. The molecule has 2 aliphatic rings. The lowest BCUT2D eigenvalue weighted by molar-refractivity contribution is -0.122. The van der Waals surface area contributed by atoms with Crippen LogP contribution in [0.1, 0.15) is 31.7 Å². The Kier molecular flexibility index (Phi) is 6.19. The summed E-state index contributed by atoms with van der Waals surface area (Å²) in [5.74, 6) is -3.54. The van der Waals surface area contributed by atoms with E-state index in [4.69, 9.17) is 10.5 Å². The SMILES string of the molecule is NC(=O)[C@H]1CC[C@H](n2c(Nc3c(F)cc(F)cc3F)nc3cnc(N[C@H]4COC[C@@H]4O)nc32)CC1. The lowest BCUT2D eigenvalue weighted by Crippen LogP contribution is -2.32. The van der Waals surface area contributed by atoms with Gasteiger partial charge in [0, 0.05) is 24.1 Å². The molecule has 0 spiro atoms. The Balaban J connectivity index is 1.54. The summed E-state index contributed by atoms with van der Waals surface area (Å²) >= 11 is 0. The minimum absolute atomic E-state index is 0.0996. The van der Waals surface area contributed by atoms with E-state index in [0.29, 0.717) is 49.0 Å². The number of carbonyl (C=O) groups excluding carboxylic acids is 1. The van der Waals surface area contributed by atoms with Gasteiger partial charge in [-0.2, -0.15) is 4.98 Å². The molecular weight excluding hydrogens is 467 g/mol. The zero-order chi connectivity index (χ0) is 24.7. The standard InChI is InChI=1S/C22H24F3N7O3/c23-11-5-13(24)18(14(25)6-11)30-22-29-15-7-27-21(28-16-8-35-9-17(16)33)31-20(15)32(22)12-3-1-10(2-4-12)19(26)34/h5-7,10,12,16-17,33H,1-4,8-9H2,(H2,26,34)(H,29,30)(H,27,28,31)/t10-,12-,16-,17-/m0/s1. The predicted octanol–water partition coefficient (Wildman–Crippen LogP) is 2.38. The number of nitrogens with zero attached hydrogens (tertiary/aromatic N) is 4. The van der Waals surface area contributed by atoms with Gasteiger partial charge in [0.25, 0.3) is 0 Å². The van der Waals surface area contributed by atoms with E-state index in [1.165, 1.54) is 6.20 Å². The van der Waals surface area contributed by atoms with Crippen molar-refractivity contribution in [3.05, 3.63) is 35.8 Å². The molecule has 2 fully saturated rings. The second-order valence-electron chi connectivity index (χ2n) is 8.84. The van der Waals surface area contributed by atoms with Crippen molar-refractivity contribution < 1.29 is 27.8 Å². The minimum Gasteiger partial charge on any atom is -0.388 e. The van der Waals surface area contributed by atoms with E-state index in [-0.39, 0.29) is 43.0 Å². The third kappa shape index (κ3) is 4.60. The van der Waals surface area contributed by atoms with Crippen LogP contribution in [0.4, 0.5) is 30.8 Å². The van der Waals surface area contributed by atoms with Crippen molar-refractivity contribution in [1.29, 1.82) is 0 Å². The molecule has 0 radical (unpaired) electrons. The number of nitrogens with two attached hydrogens (primary N) is 1. The van der Waals surface area contributed by atoms with Crippen LogP contribution in [0.2, 0.25) is 0 Å². The largest absolute Gasteiger partial charge is 0.388 e. The number of fused-ring (bicyclic) bond motifs is 1. The number of benzene rings is 1. The number of nitrogens with one attached hydrogen (secondary N) is 2. The third-order valence-corrected chi connectivity index (χ3v) is 6.51. The van der Waals surface area contributed by atoms with Gasteiger partial charge in [0.05, 0.1) is 31.6 Å². The zero-order valence-electron chi connectivity index (χ0n) is 18.5. The molecule has 2 aromatic heterocycles. The van der Waals surface area contributed by atoms with E-state index in [0.717, 1.165) is 0 Å². The molecule has 3 aromatic rings. The highest BCUT2D eigenvalue weighted by molar-refractivity contribution is 5.78. The number of imidazole rings is 1. The van der Waals surface area contributed by atoms with Crippen LogP contribution in [0.15, 0.2) is 18.3 Å². The number of aromatic nitrogens is 4. The van der Waals surface area contributed by atoms with Crippen molar-refractivity contribution in [2.75, 3.05) is 23.8 Å². The number of anilines is 3. The first-order valence-electron chi connectivity index (χ1n) is 11.3. The fourth-order valence-corrected chi connectivity index (χ4v) is 4.63. The van der Waals surface area contributed by atoms with Crippen LogP contribution in [0.3, 0.4) is 0 Å². The molecule has 1 amide bonds. The van der Waals surface area contributed by atoms with Crippen molar-refractivity contribution in [3.8, 4) is 0 Å². The quantitative estimate of drug-likeness (QED) is 0.412. The first-order chi connectivity index (χ1) is 16.8. The molecule has 5 rings (SSSR count). The fraction of sp³-hybridized carbons (Fsp3) is 0.455. The van der Waals surface area contributed by atoms with Gasteiger partial charge in [-0.1, -0.05) is 0 Å². The average molecular weight is 491 g/mol. The molecule has 5 N–H and O–H groups in total. The number of carbonyl (C=O) groups is 1. The fourth-order valence-electron chi connectivity index (χ4n) is 4.63. The van der Waals surface area contributed by atoms with Crippen molar-refractivity contribution in [1.82, 2.24) is 19.5 Å². The number of amides is 1. The Morgan fingerprint density at radius 2 is 1.83 bits per heavy atom. The van der Waals surface area contributed by atoms with E-state index in [1.807, 2.05) is 0 Å². The Morgan fingerprint density at radius 1 is 1.11 bits per heavy atom. The van der Waals surface area contributed by atoms with Gasteiger partial charge in [0.2, 0.25) is 17.8 Å². The molecule has 0 bridgehead atoms. The maximum absolute atomic E-state index is 14.4. The molecule has 10 nitrogen and oxygen atoms in total. The second-order valence-corrected chi connectivity index (χ2v) is 8.84. The molecule has 35 heavy (non-hydrogen) atoms. The maximum atomic E-state index is 14.4. The molecule has 3 heterocycles. The highest BCUT2D eigenvalue weighted by Gasteiger charge is 2.31. The van der Waals surface area contributed by atoms with Crippen LogP contribution in [-0.4, -0.2) is 55.9 Å². The van der Waals surface area contributed by atoms with Crippen molar-refractivity contribution in [2.45, 2.75) is 43.9 Å². The third-order valence-electron chi connectivity index (χ3n) is 6.51. The van der Waals surface area contributed by atoms with Crippen molar-refractivity contribution in [3.63, 3.8) is 0 Å². The molecule has 0 unspecified atom stereocenters. The normalized spacial score (nSPS) is 24.6. The van der Waals surface area contributed by atoms with Crippen LogP contribution in [0.25, 0.3) is 11.2 Å². The summed E-state index contributed by atoms with van der Waals surface area (Å²) in [5, 5.41) is 15.7. The monoisotopic (exact) mass is 491 g/mol. The Bertz CT molecular complexity index is 1240. The van der Waals surface area contributed by atoms with E-state index >= 15 is 0 Å². The lowest BCUT2D eigenvalue weighted by Gasteiger charge is -2.29. The average Bonchev–Trinajstić information content (AvgIpc) is 3.38. The molecular formula is C22H24F3N7O3. The summed E-state index contributed by atoms with van der Waals surface area (Å²) in [4.78, 5) is 24.9. The molecule has 13 heteroatoms. The summed E-state index contributed by atoms with van der Waals surface area (Å²) in [6.45, 7) is 0.485. The van der Waals surface area contributed by atoms with Gasteiger partial charge in [-0.15, -0.1) is 0 Å². The molecule has 1 saturated carbocycles. The van der Waals surface area contributed by atoms with Crippen LogP contribution < -0.4 is 16.4 Å². The zero-order valence-corrected chi connectivity index (χ0v) is 18.5. The van der Waals surface area contributed by atoms with Crippen LogP contribution in [0.5, 0.6) is 0 Å². The van der Waals surface area contributed by atoms with Gasteiger partial charge in [0.1, 0.15) is 17.0 Å². The Morgan fingerprint density at radius 3 is 2.46 bits per heavy atom. The predicted molar refractivity (Wildman–Crippen MR) is 119 cm³/mol. The second kappa shape index (κ2) is 9.30. The number of aliphatic hydroxyl groups excluding tert-OH is 1. The highest BCUT2D eigenvalue weighted by Crippen LogP contribution is 2.37. The highest BCUT2D eigenvalue weighted by atomic mass is 19.1. The molecule has 2 atom stereocenters. The number of hydrogen-bond acceptors (Lipinski definition) is 8. The van der Waals surface area contributed by atoms with E-state index < -0.39 is 35.3 Å². The van der Waals surface area contributed by atoms with Gasteiger partial charge < -0.3 is 26.2 Å². The molecule has 1 aromatic carbocycles. The van der Waals surface area contributed by atoms with Gasteiger partial charge in [-0.25, -0.2) is 23.1 Å². The van der Waals surface area contributed by atoms with Crippen LogP contribution in [-0.2, 0) is 9.53 Å². The molecule has 1 aliphatic carbocycles. The van der Waals surface area contributed by atoms with Crippen LogP contribution >= 0.6 is 0 Å². The Hall–Kier alpha value is -3.45. The van der Waals surface area contributed by atoms with Gasteiger partial charge >= 0.3 is 0 Å². The molecule has 1 aliphatic heterocycles. The number of primary amides is 1. The summed E-state index contributed by atoms with van der Waals surface area (Å²) in [7, 11) is 0. The van der Waals surface area contributed by atoms with Gasteiger partial charge in [-0.3, -0.25) is 9.36 Å². The first-order valence-corrected chi connectivity index (χ1v) is 11.3. The van der Waals surface area contributed by atoms with E-state index in [9.17, 15) is 23.1 Å². The lowest BCUT2D eigenvalue weighted by atomic mass is 9.85. The molecule has 186 valence electrons. The van der Waals surface area contributed by atoms with Crippen molar-refractivity contribution >= 4 is 34.7 Å². The van der Waals surface area contributed by atoms with Gasteiger partial charge in [-0.05, 0) is 25.7 Å². The number of hydrogen-bond donors (Lipinski definition) is 4. The number of aliphatic hydroxyl groups is 1. The summed E-state index contributed by atoms with van der Waals surface area (Å²) in [6, 6.07) is 0.559. The number of ether oxygens (including phenoxy) is 1. The van der Waals surface area contributed by atoms with E-state index in [2.05, 4.69) is 25.6 Å². The summed E-state index contributed by atoms with van der Waals surface area (Å²) < 4.78 is 49.1. The first kappa shape index (κ1) is 23.3.